The van der Waals surface area contributed by atoms with Crippen molar-refractivity contribution < 1.29 is 19.0 Å². The van der Waals surface area contributed by atoms with Gasteiger partial charge in [0.1, 0.15) is 5.60 Å². The molecule has 0 unspecified atom stereocenters. The van der Waals surface area contributed by atoms with E-state index in [1.807, 2.05) is 20.8 Å². The second-order valence-corrected chi connectivity index (χ2v) is 6.35. The lowest BCUT2D eigenvalue weighted by Crippen LogP contribution is -2.38. The lowest BCUT2D eigenvalue weighted by molar-refractivity contribution is -0.184. The van der Waals surface area contributed by atoms with Gasteiger partial charge < -0.3 is 14.2 Å². The number of rotatable bonds is 1. The molecule has 2 bridgehead atoms. The molecule has 1 saturated carbocycles. The monoisotopic (exact) mass is 252 g/mol. The summed E-state index contributed by atoms with van der Waals surface area (Å²) in [4.78, 5) is 12.3. The zero-order chi connectivity index (χ0) is 13.0. The third-order valence-electron chi connectivity index (χ3n) is 3.90. The first-order chi connectivity index (χ1) is 8.41. The van der Waals surface area contributed by atoms with Crippen LogP contribution < -0.4 is 0 Å². The Kier molecular flexibility index (Phi) is 2.58. The maximum Gasteiger partial charge on any atom is 0.310 e. The highest BCUT2D eigenvalue weighted by atomic mass is 16.7. The Labute approximate surface area is 107 Å². The minimum absolute atomic E-state index is 0.0137. The Morgan fingerprint density at radius 1 is 1.28 bits per heavy atom. The summed E-state index contributed by atoms with van der Waals surface area (Å²) >= 11 is 0. The van der Waals surface area contributed by atoms with Gasteiger partial charge in [0, 0.05) is 12.3 Å². The molecule has 2 fully saturated rings. The molecular formula is C14H20O4. The van der Waals surface area contributed by atoms with Gasteiger partial charge in [0.05, 0.1) is 19.1 Å². The van der Waals surface area contributed by atoms with Crippen LogP contribution in [0.25, 0.3) is 0 Å². The lowest BCUT2D eigenvalue weighted by atomic mass is 9.94. The lowest BCUT2D eigenvalue weighted by Gasteiger charge is -2.30. The molecule has 0 aromatic heterocycles. The molecule has 1 saturated heterocycles. The van der Waals surface area contributed by atoms with Gasteiger partial charge in [-0.1, -0.05) is 12.2 Å². The molecular weight excluding hydrogens is 232 g/mol. The van der Waals surface area contributed by atoms with E-state index in [2.05, 4.69) is 12.2 Å². The molecule has 4 heteroatoms. The molecule has 0 aromatic rings. The van der Waals surface area contributed by atoms with E-state index in [1.54, 1.807) is 0 Å². The fourth-order valence-electron chi connectivity index (χ4n) is 3.32. The molecule has 0 radical (unpaired) electrons. The van der Waals surface area contributed by atoms with Crippen LogP contribution in [0.4, 0.5) is 0 Å². The largest absolute Gasteiger partial charge is 0.460 e. The van der Waals surface area contributed by atoms with E-state index in [0.717, 1.165) is 6.42 Å². The van der Waals surface area contributed by atoms with Crippen LogP contribution in [0.1, 0.15) is 27.2 Å². The van der Waals surface area contributed by atoms with Gasteiger partial charge in [-0.3, -0.25) is 4.79 Å². The molecule has 3 atom stereocenters. The predicted octanol–water partition coefficient (Wildman–Crippen LogP) is 1.89. The summed E-state index contributed by atoms with van der Waals surface area (Å²) in [5, 5.41) is 0. The molecule has 3 aliphatic rings. The highest BCUT2D eigenvalue weighted by Crippen LogP contribution is 2.54. The van der Waals surface area contributed by atoms with Crippen molar-refractivity contribution in [2.24, 2.45) is 17.8 Å². The molecule has 1 aliphatic heterocycles. The average molecular weight is 252 g/mol. The number of carbonyl (C=O) groups is 1. The maximum absolute atomic E-state index is 12.3. The number of ether oxygens (including phenoxy) is 3. The Morgan fingerprint density at radius 3 is 2.56 bits per heavy atom. The van der Waals surface area contributed by atoms with Gasteiger partial charge in [-0.2, -0.15) is 0 Å². The number of hydrogen-bond acceptors (Lipinski definition) is 4. The second-order valence-electron chi connectivity index (χ2n) is 6.35. The Morgan fingerprint density at radius 2 is 1.94 bits per heavy atom. The summed E-state index contributed by atoms with van der Waals surface area (Å²) in [7, 11) is 0. The second kappa shape index (κ2) is 3.81. The first-order valence-electron chi connectivity index (χ1n) is 6.60. The summed E-state index contributed by atoms with van der Waals surface area (Å²) in [6.45, 7) is 6.94. The first-order valence-corrected chi connectivity index (χ1v) is 6.60. The van der Waals surface area contributed by atoms with Crippen molar-refractivity contribution in [1.29, 1.82) is 0 Å². The molecule has 0 amide bonds. The van der Waals surface area contributed by atoms with Crippen LogP contribution in [-0.2, 0) is 19.0 Å². The van der Waals surface area contributed by atoms with Crippen LogP contribution in [0.15, 0.2) is 12.2 Å². The highest BCUT2D eigenvalue weighted by Gasteiger charge is 2.61. The zero-order valence-corrected chi connectivity index (χ0v) is 11.1. The smallest absolute Gasteiger partial charge is 0.310 e. The molecule has 3 rings (SSSR count). The van der Waals surface area contributed by atoms with Gasteiger partial charge in [0.25, 0.3) is 0 Å². The summed E-state index contributed by atoms with van der Waals surface area (Å²) in [6, 6.07) is 0. The average Bonchev–Trinajstić information content (AvgIpc) is 2.89. The molecule has 1 spiro atoms. The highest BCUT2D eigenvalue weighted by molar-refractivity contribution is 5.76. The molecule has 100 valence electrons. The molecule has 4 nitrogen and oxygen atoms in total. The predicted molar refractivity (Wildman–Crippen MR) is 64.7 cm³/mol. The minimum Gasteiger partial charge on any atom is -0.460 e. The van der Waals surface area contributed by atoms with Crippen LogP contribution >= 0.6 is 0 Å². The van der Waals surface area contributed by atoms with E-state index in [9.17, 15) is 4.79 Å². The standard InChI is InChI=1S/C14H20O4/c1-13(2,3)18-12(15)11-9-4-5-10(11)14(8-9)16-6-7-17-14/h4-5,9-11H,6-8H2,1-3H3/t9-,10+,11-/m0/s1. The van der Waals surface area contributed by atoms with Gasteiger partial charge in [-0.05, 0) is 26.7 Å². The van der Waals surface area contributed by atoms with E-state index in [-0.39, 0.29) is 23.7 Å². The molecule has 2 aliphatic carbocycles. The van der Waals surface area contributed by atoms with Crippen molar-refractivity contribution in [3.63, 3.8) is 0 Å². The van der Waals surface area contributed by atoms with E-state index < -0.39 is 11.4 Å². The van der Waals surface area contributed by atoms with Crippen LogP contribution in [0, 0.1) is 17.8 Å². The fraction of sp³-hybridized carbons (Fsp3) is 0.786. The van der Waals surface area contributed by atoms with E-state index in [1.165, 1.54) is 0 Å². The van der Waals surface area contributed by atoms with Gasteiger partial charge in [0.2, 0.25) is 0 Å². The van der Waals surface area contributed by atoms with E-state index >= 15 is 0 Å². The number of carbonyl (C=O) groups excluding carboxylic acids is 1. The normalized spacial score (nSPS) is 36.5. The van der Waals surface area contributed by atoms with Gasteiger partial charge in [-0.25, -0.2) is 0 Å². The van der Waals surface area contributed by atoms with Crippen LogP contribution in [0.2, 0.25) is 0 Å². The number of allylic oxidation sites excluding steroid dienone is 1. The molecule has 18 heavy (non-hydrogen) atoms. The third kappa shape index (κ3) is 1.79. The minimum atomic E-state index is -0.555. The van der Waals surface area contributed by atoms with Gasteiger partial charge in [0.15, 0.2) is 5.79 Å². The van der Waals surface area contributed by atoms with Crippen molar-refractivity contribution in [2.75, 3.05) is 13.2 Å². The Balaban J connectivity index is 1.78. The third-order valence-corrected chi connectivity index (χ3v) is 3.90. The Bertz CT molecular complexity index is 387. The van der Waals surface area contributed by atoms with Crippen molar-refractivity contribution in [3.8, 4) is 0 Å². The quantitative estimate of drug-likeness (QED) is 0.528. The number of hydrogen-bond donors (Lipinski definition) is 0. The van der Waals surface area contributed by atoms with Crippen molar-refractivity contribution in [2.45, 2.75) is 38.6 Å². The number of esters is 1. The maximum atomic E-state index is 12.3. The van der Waals surface area contributed by atoms with E-state index in [4.69, 9.17) is 14.2 Å². The zero-order valence-electron chi connectivity index (χ0n) is 11.1. The topological polar surface area (TPSA) is 44.8 Å². The SMILES string of the molecule is CC(C)(C)OC(=O)[C@@H]1[C@H]2C=C[C@H]1CC21OCCO1. The van der Waals surface area contributed by atoms with Gasteiger partial charge in [-0.15, -0.1) is 0 Å². The summed E-state index contributed by atoms with van der Waals surface area (Å²) < 4.78 is 17.0. The molecule has 0 N–H and O–H groups in total. The Hall–Kier alpha value is -0.870. The van der Waals surface area contributed by atoms with Crippen LogP contribution in [-0.4, -0.2) is 30.6 Å². The molecule has 1 heterocycles. The van der Waals surface area contributed by atoms with Crippen molar-refractivity contribution >= 4 is 5.97 Å². The van der Waals surface area contributed by atoms with Crippen molar-refractivity contribution in [1.82, 2.24) is 0 Å². The van der Waals surface area contributed by atoms with Crippen molar-refractivity contribution in [3.05, 3.63) is 12.2 Å². The molecule has 0 aromatic carbocycles. The van der Waals surface area contributed by atoms with Crippen LogP contribution in [0.5, 0.6) is 0 Å². The first kappa shape index (κ1) is 12.2. The van der Waals surface area contributed by atoms with Crippen LogP contribution in [0.3, 0.4) is 0 Å². The number of fused-ring (bicyclic) bond motifs is 3. The summed E-state index contributed by atoms with van der Waals surface area (Å²) in [5.41, 5.74) is -0.441. The summed E-state index contributed by atoms with van der Waals surface area (Å²) in [6.07, 6.45) is 4.95. The fourth-order valence-corrected chi connectivity index (χ4v) is 3.32. The van der Waals surface area contributed by atoms with E-state index in [0.29, 0.717) is 13.2 Å². The van der Waals surface area contributed by atoms with Gasteiger partial charge >= 0.3 is 5.97 Å². The summed E-state index contributed by atoms with van der Waals surface area (Å²) in [5.74, 6) is -0.607.